The van der Waals surface area contributed by atoms with Crippen molar-refractivity contribution in [3.63, 3.8) is 0 Å². The molecule has 2 aromatic rings. The third kappa shape index (κ3) is 3.44. The van der Waals surface area contributed by atoms with Crippen molar-refractivity contribution in [2.24, 2.45) is 0 Å². The first-order chi connectivity index (χ1) is 13.1. The van der Waals surface area contributed by atoms with E-state index < -0.39 is 34.7 Å². The summed E-state index contributed by atoms with van der Waals surface area (Å²) < 4.78 is 0. The monoisotopic (exact) mass is 421 g/mol. The quantitative estimate of drug-likeness (QED) is 0.343. The number of imide groups is 1. The molecule has 2 aromatic carbocycles. The van der Waals surface area contributed by atoms with E-state index in [1.165, 1.54) is 49.4 Å². The van der Waals surface area contributed by atoms with Crippen molar-refractivity contribution in [1.82, 2.24) is 10.2 Å². The maximum Gasteiger partial charge on any atom is 0.325 e. The van der Waals surface area contributed by atoms with E-state index in [0.29, 0.717) is 5.56 Å². The summed E-state index contributed by atoms with van der Waals surface area (Å²) in [6, 6.07) is 8.78. The number of nitrogens with zero attached hydrogens (tertiary/aromatic N) is 2. The van der Waals surface area contributed by atoms with Crippen LogP contribution in [-0.4, -0.2) is 34.1 Å². The Labute approximate surface area is 169 Å². The molecule has 0 bridgehead atoms. The zero-order chi connectivity index (χ0) is 20.6. The molecule has 0 radical (unpaired) electrons. The lowest BCUT2D eigenvalue weighted by molar-refractivity contribution is -0.384. The molecule has 144 valence electrons. The fraction of sp³-hybridized carbons (Fsp3) is 0.167. The summed E-state index contributed by atoms with van der Waals surface area (Å²) in [5, 5.41) is 13.8. The first-order valence-electron chi connectivity index (χ1n) is 8.01. The summed E-state index contributed by atoms with van der Waals surface area (Å²) in [5.74, 6) is -1.13. The minimum atomic E-state index is -1.44. The van der Waals surface area contributed by atoms with Crippen LogP contribution in [0.5, 0.6) is 0 Å². The summed E-state index contributed by atoms with van der Waals surface area (Å²) in [6.07, 6.45) is 0. The fourth-order valence-electron chi connectivity index (χ4n) is 2.86. The zero-order valence-corrected chi connectivity index (χ0v) is 16.0. The molecule has 3 rings (SSSR count). The number of nitro benzene ring substituents is 1. The summed E-state index contributed by atoms with van der Waals surface area (Å²) in [5.41, 5.74) is -1.01. The number of rotatable bonds is 5. The highest BCUT2D eigenvalue weighted by Crippen LogP contribution is 2.30. The van der Waals surface area contributed by atoms with Crippen LogP contribution in [0.25, 0.3) is 0 Å². The molecule has 3 amide bonds. The van der Waals surface area contributed by atoms with Gasteiger partial charge in [-0.2, -0.15) is 0 Å². The summed E-state index contributed by atoms with van der Waals surface area (Å²) in [7, 11) is 0. The minimum absolute atomic E-state index is 0.143. The SMILES string of the molecule is CC1(c2ccc([N+](=O)[O-])cc2)NC(=O)N(CC(=O)c2ccc(Cl)c(Cl)c2)C1=O. The number of ketones is 1. The first-order valence-corrected chi connectivity index (χ1v) is 8.76. The van der Waals surface area contributed by atoms with Gasteiger partial charge in [0.25, 0.3) is 11.6 Å². The van der Waals surface area contributed by atoms with Gasteiger partial charge in [-0.1, -0.05) is 23.2 Å². The van der Waals surface area contributed by atoms with E-state index in [-0.39, 0.29) is 21.3 Å². The van der Waals surface area contributed by atoms with Crippen molar-refractivity contribution >= 4 is 46.6 Å². The molecular weight excluding hydrogens is 409 g/mol. The standard InChI is InChI=1S/C18H13Cl2N3O5/c1-18(11-3-5-12(6-4-11)23(27)28)16(25)22(17(26)21-18)9-15(24)10-2-7-13(19)14(20)8-10/h2-8H,9H2,1H3,(H,21,26). The number of Topliss-reactive ketones (excluding diaryl/α,β-unsaturated/α-hetero) is 1. The zero-order valence-electron chi connectivity index (χ0n) is 14.4. The van der Waals surface area contributed by atoms with E-state index in [4.69, 9.17) is 23.2 Å². The normalized spacial score (nSPS) is 18.9. The van der Waals surface area contributed by atoms with Crippen molar-refractivity contribution in [3.8, 4) is 0 Å². The van der Waals surface area contributed by atoms with Crippen molar-refractivity contribution in [3.05, 3.63) is 73.8 Å². The predicted molar refractivity (Wildman–Crippen MR) is 101 cm³/mol. The van der Waals surface area contributed by atoms with Crippen LogP contribution < -0.4 is 5.32 Å². The molecule has 10 heteroatoms. The number of nitro groups is 1. The lowest BCUT2D eigenvalue weighted by atomic mass is 9.92. The number of hydrogen-bond donors (Lipinski definition) is 1. The summed E-state index contributed by atoms with van der Waals surface area (Å²) >= 11 is 11.7. The molecule has 1 fully saturated rings. The third-order valence-corrected chi connectivity index (χ3v) is 5.21. The number of amides is 3. The van der Waals surface area contributed by atoms with E-state index in [2.05, 4.69) is 5.32 Å². The van der Waals surface area contributed by atoms with Crippen LogP contribution in [0.4, 0.5) is 10.5 Å². The first kappa shape index (κ1) is 19.8. The molecule has 0 aliphatic carbocycles. The smallest absolute Gasteiger partial charge is 0.319 e. The van der Waals surface area contributed by atoms with Gasteiger partial charge in [-0.15, -0.1) is 0 Å². The molecule has 8 nitrogen and oxygen atoms in total. The van der Waals surface area contributed by atoms with Gasteiger partial charge < -0.3 is 5.32 Å². The maximum atomic E-state index is 12.9. The van der Waals surface area contributed by atoms with Gasteiger partial charge in [0.05, 0.1) is 21.5 Å². The topological polar surface area (TPSA) is 110 Å². The van der Waals surface area contributed by atoms with Gasteiger partial charge in [0, 0.05) is 17.7 Å². The average molecular weight is 422 g/mol. The maximum absolute atomic E-state index is 12.9. The van der Waals surface area contributed by atoms with E-state index in [1.807, 2.05) is 0 Å². The number of urea groups is 1. The highest BCUT2D eigenvalue weighted by Gasteiger charge is 2.49. The molecule has 0 saturated carbocycles. The van der Waals surface area contributed by atoms with E-state index in [0.717, 1.165) is 4.90 Å². The number of hydrogen-bond acceptors (Lipinski definition) is 5. The summed E-state index contributed by atoms with van der Waals surface area (Å²) in [4.78, 5) is 48.7. The molecule has 1 atom stereocenters. The number of halogens is 2. The molecule has 1 heterocycles. The lowest BCUT2D eigenvalue weighted by Gasteiger charge is -2.22. The Morgan fingerprint density at radius 1 is 1.14 bits per heavy atom. The van der Waals surface area contributed by atoms with Crippen LogP contribution in [0.15, 0.2) is 42.5 Å². The molecule has 1 unspecified atom stereocenters. The Balaban J connectivity index is 1.83. The van der Waals surface area contributed by atoms with Gasteiger partial charge in [0.2, 0.25) is 0 Å². The van der Waals surface area contributed by atoms with E-state index >= 15 is 0 Å². The van der Waals surface area contributed by atoms with Gasteiger partial charge in [-0.05, 0) is 42.8 Å². The second-order valence-corrected chi connectivity index (χ2v) is 7.12. The van der Waals surface area contributed by atoms with Crippen molar-refractivity contribution in [2.75, 3.05) is 6.54 Å². The average Bonchev–Trinajstić information content (AvgIpc) is 2.88. The molecule has 1 aliphatic heterocycles. The van der Waals surface area contributed by atoms with Gasteiger partial charge in [0.1, 0.15) is 5.54 Å². The Bertz CT molecular complexity index is 1010. The number of carbonyl (C=O) groups is 3. The highest BCUT2D eigenvalue weighted by molar-refractivity contribution is 6.42. The number of non-ortho nitro benzene ring substituents is 1. The Morgan fingerprint density at radius 3 is 2.36 bits per heavy atom. The van der Waals surface area contributed by atoms with E-state index in [9.17, 15) is 24.5 Å². The second-order valence-electron chi connectivity index (χ2n) is 6.30. The van der Waals surface area contributed by atoms with Crippen molar-refractivity contribution in [2.45, 2.75) is 12.5 Å². The number of benzene rings is 2. The van der Waals surface area contributed by atoms with Gasteiger partial charge in [-0.25, -0.2) is 4.79 Å². The fourth-order valence-corrected chi connectivity index (χ4v) is 3.16. The Hall–Kier alpha value is -2.97. The number of carbonyl (C=O) groups excluding carboxylic acids is 3. The third-order valence-electron chi connectivity index (χ3n) is 4.47. The van der Waals surface area contributed by atoms with Crippen LogP contribution in [0.3, 0.4) is 0 Å². The molecular formula is C18H13Cl2N3O5. The van der Waals surface area contributed by atoms with Crippen LogP contribution in [0, 0.1) is 10.1 Å². The van der Waals surface area contributed by atoms with Crippen LogP contribution in [-0.2, 0) is 10.3 Å². The van der Waals surface area contributed by atoms with Gasteiger partial charge >= 0.3 is 6.03 Å². The molecule has 1 aliphatic rings. The van der Waals surface area contributed by atoms with Gasteiger partial charge in [-0.3, -0.25) is 24.6 Å². The predicted octanol–water partition coefficient (Wildman–Crippen LogP) is 3.55. The molecule has 1 N–H and O–H groups in total. The van der Waals surface area contributed by atoms with Crippen LogP contribution in [0.1, 0.15) is 22.8 Å². The summed E-state index contributed by atoms with van der Waals surface area (Å²) in [6.45, 7) is 0.989. The second kappa shape index (κ2) is 7.21. The van der Waals surface area contributed by atoms with Gasteiger partial charge in [0.15, 0.2) is 5.78 Å². The largest absolute Gasteiger partial charge is 0.325 e. The Morgan fingerprint density at radius 2 is 1.79 bits per heavy atom. The van der Waals surface area contributed by atoms with Crippen molar-refractivity contribution in [1.29, 1.82) is 0 Å². The van der Waals surface area contributed by atoms with Crippen LogP contribution >= 0.6 is 23.2 Å². The molecule has 1 saturated heterocycles. The van der Waals surface area contributed by atoms with Crippen LogP contribution in [0.2, 0.25) is 10.0 Å². The number of nitrogens with one attached hydrogen (secondary N) is 1. The Kier molecular flexibility index (Phi) is 5.10. The van der Waals surface area contributed by atoms with Crippen molar-refractivity contribution < 1.29 is 19.3 Å². The minimum Gasteiger partial charge on any atom is -0.319 e. The molecule has 0 spiro atoms. The highest BCUT2D eigenvalue weighted by atomic mass is 35.5. The lowest BCUT2D eigenvalue weighted by Crippen LogP contribution is -2.41. The van der Waals surface area contributed by atoms with E-state index in [1.54, 1.807) is 0 Å². The molecule has 0 aromatic heterocycles. The molecule has 28 heavy (non-hydrogen) atoms.